The molecule has 2 nitrogen and oxygen atoms in total. The summed E-state index contributed by atoms with van der Waals surface area (Å²) in [6.45, 7) is 0. The summed E-state index contributed by atoms with van der Waals surface area (Å²) in [4.78, 5) is 11.2. The molecule has 0 aliphatic carbocycles. The minimum absolute atomic E-state index is 0.200. The Hall–Kier alpha value is -1.25. The Labute approximate surface area is 117 Å². The molecule has 0 fully saturated rings. The molecule has 0 aromatic heterocycles. The van der Waals surface area contributed by atoms with Crippen molar-refractivity contribution in [3.63, 3.8) is 0 Å². The van der Waals surface area contributed by atoms with Crippen LogP contribution in [0.25, 0.3) is 0 Å². The van der Waals surface area contributed by atoms with Crippen LogP contribution in [0.15, 0.2) is 18.2 Å². The van der Waals surface area contributed by atoms with Crippen LogP contribution in [-0.2, 0) is 17.4 Å². The van der Waals surface area contributed by atoms with E-state index in [4.69, 9.17) is 0 Å². The lowest BCUT2D eigenvalue weighted by Crippen LogP contribution is -2.18. The highest BCUT2D eigenvalue weighted by Crippen LogP contribution is 2.35. The second-order valence-corrected chi connectivity index (χ2v) is 4.27. The van der Waals surface area contributed by atoms with E-state index in [0.29, 0.717) is 18.2 Å². The zero-order valence-electron chi connectivity index (χ0n) is 9.61. The van der Waals surface area contributed by atoms with E-state index in [1.54, 1.807) is 0 Å². The molecule has 0 aliphatic heterocycles. The third-order valence-corrected chi connectivity index (χ3v) is 2.78. The van der Waals surface area contributed by atoms with Gasteiger partial charge in [-0.15, -0.1) is 13.2 Å². The number of alkyl halides is 7. The van der Waals surface area contributed by atoms with Gasteiger partial charge in [-0.2, -0.15) is 13.2 Å². The number of carbonyl (C=O) groups excluding carboxylic acids is 1. The van der Waals surface area contributed by atoms with Crippen molar-refractivity contribution in [1.82, 2.24) is 0 Å². The molecule has 0 spiro atoms. The molecule has 1 aromatic carbocycles. The number of carbonyl (C=O) groups is 1. The quantitative estimate of drug-likeness (QED) is 0.593. The molecule has 0 saturated heterocycles. The Morgan fingerprint density at radius 3 is 2.20 bits per heavy atom. The second-order valence-electron chi connectivity index (χ2n) is 3.71. The van der Waals surface area contributed by atoms with Crippen molar-refractivity contribution in [2.75, 3.05) is 5.33 Å². The standard InChI is InChI=1S/C11H7BrF6O2/c12-5-7(19)3-6-4-8(20-11(16,17)18)1-2-9(6)10(13,14)15/h1-2,4H,3,5H2. The molecule has 0 amide bonds. The fourth-order valence-electron chi connectivity index (χ4n) is 1.45. The summed E-state index contributed by atoms with van der Waals surface area (Å²) in [7, 11) is 0. The molecule has 0 heterocycles. The van der Waals surface area contributed by atoms with Crippen molar-refractivity contribution < 1.29 is 35.9 Å². The summed E-state index contributed by atoms with van der Waals surface area (Å²) in [5.41, 5.74) is -1.73. The molecule has 1 rings (SSSR count). The van der Waals surface area contributed by atoms with Gasteiger partial charge in [0.1, 0.15) is 11.5 Å². The number of ketones is 1. The molecule has 20 heavy (non-hydrogen) atoms. The van der Waals surface area contributed by atoms with E-state index in [2.05, 4.69) is 20.7 Å². The molecule has 0 atom stereocenters. The van der Waals surface area contributed by atoms with Gasteiger partial charge in [0.15, 0.2) is 0 Å². The smallest absolute Gasteiger partial charge is 0.406 e. The third kappa shape index (κ3) is 5.03. The average Bonchev–Trinajstić information content (AvgIpc) is 2.25. The summed E-state index contributed by atoms with van der Waals surface area (Å²) in [5, 5.41) is -0.200. The van der Waals surface area contributed by atoms with Gasteiger partial charge in [0.2, 0.25) is 0 Å². The van der Waals surface area contributed by atoms with E-state index < -0.39 is 41.6 Å². The van der Waals surface area contributed by atoms with E-state index >= 15 is 0 Å². The summed E-state index contributed by atoms with van der Waals surface area (Å²) in [6.07, 6.45) is -10.4. The third-order valence-electron chi connectivity index (χ3n) is 2.15. The van der Waals surface area contributed by atoms with E-state index in [1.807, 2.05) is 0 Å². The maximum Gasteiger partial charge on any atom is 0.573 e. The molecular formula is C11H7BrF6O2. The van der Waals surface area contributed by atoms with Gasteiger partial charge < -0.3 is 4.74 Å². The van der Waals surface area contributed by atoms with Crippen LogP contribution in [0.3, 0.4) is 0 Å². The van der Waals surface area contributed by atoms with Gasteiger partial charge in [-0.3, -0.25) is 4.79 Å². The number of hydrogen-bond donors (Lipinski definition) is 0. The van der Waals surface area contributed by atoms with Crippen LogP contribution >= 0.6 is 15.9 Å². The van der Waals surface area contributed by atoms with Crippen LogP contribution in [-0.4, -0.2) is 17.5 Å². The van der Waals surface area contributed by atoms with E-state index in [1.165, 1.54) is 0 Å². The van der Waals surface area contributed by atoms with Crippen molar-refractivity contribution in [1.29, 1.82) is 0 Å². The van der Waals surface area contributed by atoms with Crippen molar-refractivity contribution >= 4 is 21.7 Å². The number of Topliss-reactive ketones (excluding diaryl/α,β-unsaturated/α-hetero) is 1. The largest absolute Gasteiger partial charge is 0.573 e. The van der Waals surface area contributed by atoms with Crippen molar-refractivity contribution in [2.45, 2.75) is 19.0 Å². The Morgan fingerprint density at radius 2 is 1.75 bits per heavy atom. The van der Waals surface area contributed by atoms with Gasteiger partial charge in [-0.25, -0.2) is 0 Å². The maximum absolute atomic E-state index is 12.7. The first-order valence-corrected chi connectivity index (χ1v) is 6.18. The van der Waals surface area contributed by atoms with Crippen LogP contribution in [0.2, 0.25) is 0 Å². The summed E-state index contributed by atoms with van der Waals surface area (Å²) >= 11 is 2.77. The van der Waals surface area contributed by atoms with E-state index in [9.17, 15) is 31.1 Å². The molecular weight excluding hydrogens is 358 g/mol. The summed E-state index contributed by atoms with van der Waals surface area (Å²) in [5.74, 6) is -1.40. The van der Waals surface area contributed by atoms with Crippen LogP contribution in [0.5, 0.6) is 5.75 Å². The summed E-state index contributed by atoms with van der Waals surface area (Å²) < 4.78 is 77.6. The second kappa shape index (κ2) is 6.02. The first-order valence-electron chi connectivity index (χ1n) is 5.06. The Bertz CT molecular complexity index is 495. The maximum atomic E-state index is 12.7. The highest BCUT2D eigenvalue weighted by molar-refractivity contribution is 9.09. The Balaban J connectivity index is 3.18. The van der Waals surface area contributed by atoms with E-state index in [-0.39, 0.29) is 5.33 Å². The molecule has 0 saturated carbocycles. The lowest BCUT2D eigenvalue weighted by molar-refractivity contribution is -0.274. The zero-order valence-corrected chi connectivity index (χ0v) is 11.2. The topological polar surface area (TPSA) is 26.3 Å². The Morgan fingerprint density at radius 1 is 1.15 bits per heavy atom. The van der Waals surface area contributed by atoms with Gasteiger partial charge in [-0.05, 0) is 23.8 Å². The first-order chi connectivity index (χ1) is 9.03. The number of halogens is 7. The lowest BCUT2D eigenvalue weighted by Gasteiger charge is -2.15. The molecule has 0 N–H and O–H groups in total. The fraction of sp³-hybridized carbons (Fsp3) is 0.364. The summed E-state index contributed by atoms with van der Waals surface area (Å²) in [6, 6.07) is 1.58. The number of ether oxygens (including phenoxy) is 1. The number of benzene rings is 1. The molecule has 0 bridgehead atoms. The van der Waals surface area contributed by atoms with Crippen molar-refractivity contribution in [3.8, 4) is 5.75 Å². The van der Waals surface area contributed by atoms with Crippen LogP contribution < -0.4 is 4.74 Å². The molecule has 112 valence electrons. The molecule has 0 unspecified atom stereocenters. The van der Waals surface area contributed by atoms with Gasteiger partial charge in [0.25, 0.3) is 0 Å². The minimum Gasteiger partial charge on any atom is -0.406 e. The van der Waals surface area contributed by atoms with Gasteiger partial charge in [-0.1, -0.05) is 15.9 Å². The molecule has 9 heteroatoms. The fourth-order valence-corrected chi connectivity index (χ4v) is 1.65. The SMILES string of the molecule is O=C(CBr)Cc1cc(OC(F)(F)F)ccc1C(F)(F)F. The highest BCUT2D eigenvalue weighted by atomic mass is 79.9. The highest BCUT2D eigenvalue weighted by Gasteiger charge is 2.35. The predicted octanol–water partition coefficient (Wildman–Crippen LogP) is 4.11. The van der Waals surface area contributed by atoms with Crippen LogP contribution in [0.4, 0.5) is 26.3 Å². The number of rotatable bonds is 4. The van der Waals surface area contributed by atoms with Crippen LogP contribution in [0, 0.1) is 0 Å². The molecule has 1 aromatic rings. The van der Waals surface area contributed by atoms with Crippen molar-refractivity contribution in [2.24, 2.45) is 0 Å². The first kappa shape index (κ1) is 16.8. The van der Waals surface area contributed by atoms with Gasteiger partial charge >= 0.3 is 12.5 Å². The minimum atomic E-state index is -5.02. The normalized spacial score (nSPS) is 12.3. The monoisotopic (exact) mass is 364 g/mol. The molecule has 0 aliphatic rings. The lowest BCUT2D eigenvalue weighted by atomic mass is 10.0. The van der Waals surface area contributed by atoms with Crippen LogP contribution in [0.1, 0.15) is 11.1 Å². The zero-order chi connectivity index (χ0) is 15.6. The Kier molecular flexibility index (Phi) is 5.06. The van der Waals surface area contributed by atoms with Gasteiger partial charge in [0.05, 0.1) is 10.9 Å². The number of hydrogen-bond acceptors (Lipinski definition) is 2. The van der Waals surface area contributed by atoms with Gasteiger partial charge in [0, 0.05) is 6.42 Å². The molecule has 0 radical (unpaired) electrons. The average molecular weight is 365 g/mol. The van der Waals surface area contributed by atoms with Crippen molar-refractivity contribution in [3.05, 3.63) is 29.3 Å². The predicted molar refractivity (Wildman–Crippen MR) is 60.6 cm³/mol. The van der Waals surface area contributed by atoms with E-state index in [0.717, 1.165) is 0 Å².